The fraction of sp³-hybridized carbons (Fsp3) is 0.429. The highest BCUT2D eigenvalue weighted by atomic mass is 16.5. The molecule has 0 spiro atoms. The van der Waals surface area contributed by atoms with Gasteiger partial charge in [0.25, 0.3) is 0 Å². The molecule has 1 aliphatic carbocycles. The van der Waals surface area contributed by atoms with Crippen LogP contribution in [0.2, 0.25) is 0 Å². The zero-order chi connectivity index (χ0) is 12.8. The summed E-state index contributed by atoms with van der Waals surface area (Å²) >= 11 is 0. The molecule has 18 heavy (non-hydrogen) atoms. The van der Waals surface area contributed by atoms with E-state index in [1.165, 1.54) is 0 Å². The molecule has 1 amide bonds. The average molecular weight is 244 g/mol. The number of carbonyl (C=O) groups excluding carboxylic acids is 1. The molecule has 0 aliphatic heterocycles. The molecule has 4 nitrogen and oxygen atoms in total. The molecule has 1 saturated carbocycles. The summed E-state index contributed by atoms with van der Waals surface area (Å²) in [5.74, 6) is 0.722. The average Bonchev–Trinajstić information content (AvgIpc) is 2.91. The number of amides is 1. The van der Waals surface area contributed by atoms with E-state index in [1.807, 2.05) is 18.2 Å². The first-order valence-electron chi connectivity index (χ1n) is 6.21. The molecule has 1 aromatic rings. The van der Waals surface area contributed by atoms with E-state index in [-0.39, 0.29) is 18.4 Å². The smallest absolute Gasteiger partial charge is 0.227 e. The number of nitrogens with zero attached hydrogens (tertiary/aromatic N) is 1. The van der Waals surface area contributed by atoms with Crippen LogP contribution < -0.4 is 10.1 Å². The number of hydrogen-bond donors (Lipinski definition) is 1. The molecule has 0 saturated heterocycles. The largest absolute Gasteiger partial charge is 0.477 e. The van der Waals surface area contributed by atoms with Crippen LogP contribution in [0.15, 0.2) is 24.3 Å². The minimum absolute atomic E-state index is 0.0175. The lowest BCUT2D eigenvalue weighted by Crippen LogP contribution is -2.20. The number of hydrogen-bond acceptors (Lipinski definition) is 3. The first-order chi connectivity index (χ1) is 8.81. The van der Waals surface area contributed by atoms with E-state index in [4.69, 9.17) is 10.00 Å². The normalized spacial score (nSPS) is 15.1. The number of ether oxygens (including phenoxy) is 1. The second kappa shape index (κ2) is 6.06. The quantitative estimate of drug-likeness (QED) is 0.885. The molecule has 4 heteroatoms. The third-order valence-electron chi connectivity index (χ3n) is 3.16. The van der Waals surface area contributed by atoms with Gasteiger partial charge in [0.05, 0.1) is 5.69 Å². The Labute approximate surface area is 107 Å². The van der Waals surface area contributed by atoms with Crippen LogP contribution in [0.5, 0.6) is 5.75 Å². The molecule has 1 N–H and O–H groups in total. The van der Waals surface area contributed by atoms with Crippen LogP contribution in [0.1, 0.15) is 25.7 Å². The highest BCUT2D eigenvalue weighted by molar-refractivity contribution is 5.94. The zero-order valence-electron chi connectivity index (χ0n) is 10.2. The van der Waals surface area contributed by atoms with Gasteiger partial charge < -0.3 is 10.1 Å². The van der Waals surface area contributed by atoms with Gasteiger partial charge in [-0.1, -0.05) is 25.0 Å². The van der Waals surface area contributed by atoms with Crippen molar-refractivity contribution in [1.29, 1.82) is 5.26 Å². The Morgan fingerprint density at radius 3 is 2.83 bits per heavy atom. The van der Waals surface area contributed by atoms with Crippen LogP contribution in [0.4, 0.5) is 5.69 Å². The van der Waals surface area contributed by atoms with Crippen molar-refractivity contribution in [1.82, 2.24) is 0 Å². The summed E-state index contributed by atoms with van der Waals surface area (Å²) in [6, 6.07) is 9.11. The van der Waals surface area contributed by atoms with Crippen LogP contribution in [0.3, 0.4) is 0 Å². The summed E-state index contributed by atoms with van der Waals surface area (Å²) in [6.07, 6.45) is 4.19. The van der Waals surface area contributed by atoms with Crippen LogP contribution in [0, 0.1) is 17.2 Å². The molecular weight excluding hydrogens is 228 g/mol. The van der Waals surface area contributed by atoms with Gasteiger partial charge in [0.15, 0.2) is 6.61 Å². The van der Waals surface area contributed by atoms with Crippen LogP contribution in [-0.4, -0.2) is 12.5 Å². The van der Waals surface area contributed by atoms with Gasteiger partial charge in [-0.3, -0.25) is 4.79 Å². The summed E-state index contributed by atoms with van der Waals surface area (Å²) in [4.78, 5) is 12.0. The number of anilines is 1. The highest BCUT2D eigenvalue weighted by Crippen LogP contribution is 2.28. The lowest BCUT2D eigenvalue weighted by Gasteiger charge is -2.13. The second-order valence-corrected chi connectivity index (χ2v) is 4.41. The monoisotopic (exact) mass is 244 g/mol. The minimum Gasteiger partial charge on any atom is -0.477 e. The van der Waals surface area contributed by atoms with Crippen molar-refractivity contribution in [2.24, 2.45) is 5.92 Å². The minimum atomic E-state index is -0.0175. The number of nitriles is 1. The number of nitrogens with one attached hydrogen (secondary N) is 1. The lowest BCUT2D eigenvalue weighted by atomic mass is 10.1. The van der Waals surface area contributed by atoms with Crippen molar-refractivity contribution in [2.45, 2.75) is 25.7 Å². The number of benzene rings is 1. The Morgan fingerprint density at radius 2 is 2.11 bits per heavy atom. The molecule has 0 bridgehead atoms. The first kappa shape index (κ1) is 12.4. The predicted octanol–water partition coefficient (Wildman–Crippen LogP) is 2.72. The predicted molar refractivity (Wildman–Crippen MR) is 68.1 cm³/mol. The summed E-state index contributed by atoms with van der Waals surface area (Å²) in [5, 5.41) is 11.4. The van der Waals surface area contributed by atoms with Gasteiger partial charge in [-0.15, -0.1) is 0 Å². The molecular formula is C14H16N2O2. The van der Waals surface area contributed by atoms with Gasteiger partial charge in [0, 0.05) is 5.92 Å². The molecule has 1 aliphatic rings. The Kier molecular flexibility index (Phi) is 4.19. The zero-order valence-corrected chi connectivity index (χ0v) is 10.2. The van der Waals surface area contributed by atoms with Crippen molar-refractivity contribution >= 4 is 11.6 Å². The van der Waals surface area contributed by atoms with Gasteiger partial charge in [0.2, 0.25) is 5.91 Å². The van der Waals surface area contributed by atoms with Crippen molar-refractivity contribution in [3.63, 3.8) is 0 Å². The third kappa shape index (κ3) is 3.01. The standard InChI is InChI=1S/C14H16N2O2/c15-9-10-18-13-8-4-3-7-12(13)16-14(17)11-5-1-2-6-11/h3-4,7-8,11H,1-2,5-6,10H2,(H,16,17). The molecule has 0 atom stereocenters. The van der Waals surface area contributed by atoms with E-state index >= 15 is 0 Å². The van der Waals surface area contributed by atoms with E-state index < -0.39 is 0 Å². The molecule has 0 unspecified atom stereocenters. The third-order valence-corrected chi connectivity index (χ3v) is 3.16. The fourth-order valence-corrected chi connectivity index (χ4v) is 2.23. The Bertz CT molecular complexity index is 459. The summed E-state index contributed by atoms with van der Waals surface area (Å²) in [7, 11) is 0. The molecule has 2 rings (SSSR count). The van der Waals surface area contributed by atoms with Crippen LogP contribution >= 0.6 is 0 Å². The highest BCUT2D eigenvalue weighted by Gasteiger charge is 2.23. The molecule has 1 fully saturated rings. The van der Waals surface area contributed by atoms with Crippen molar-refractivity contribution < 1.29 is 9.53 Å². The van der Waals surface area contributed by atoms with Gasteiger partial charge in [-0.05, 0) is 25.0 Å². The Balaban J connectivity index is 2.03. The topological polar surface area (TPSA) is 62.1 Å². The maximum absolute atomic E-state index is 12.0. The molecule has 1 aromatic carbocycles. The molecule has 0 heterocycles. The first-order valence-corrected chi connectivity index (χ1v) is 6.21. The lowest BCUT2D eigenvalue weighted by molar-refractivity contribution is -0.119. The second-order valence-electron chi connectivity index (χ2n) is 4.41. The number of carbonyl (C=O) groups is 1. The van der Waals surface area contributed by atoms with Gasteiger partial charge in [-0.25, -0.2) is 0 Å². The molecule has 0 radical (unpaired) electrons. The van der Waals surface area contributed by atoms with E-state index in [0.717, 1.165) is 25.7 Å². The Hall–Kier alpha value is -2.02. The van der Waals surface area contributed by atoms with E-state index in [9.17, 15) is 4.79 Å². The number of para-hydroxylation sites is 2. The van der Waals surface area contributed by atoms with Gasteiger partial charge in [-0.2, -0.15) is 5.26 Å². The van der Waals surface area contributed by atoms with E-state index in [0.29, 0.717) is 11.4 Å². The van der Waals surface area contributed by atoms with Crippen molar-refractivity contribution in [3.8, 4) is 11.8 Å². The summed E-state index contributed by atoms with van der Waals surface area (Å²) in [5.41, 5.74) is 0.643. The van der Waals surface area contributed by atoms with Gasteiger partial charge >= 0.3 is 0 Å². The van der Waals surface area contributed by atoms with Crippen LogP contribution in [-0.2, 0) is 4.79 Å². The van der Waals surface area contributed by atoms with Gasteiger partial charge in [0.1, 0.15) is 11.8 Å². The van der Waals surface area contributed by atoms with E-state index in [2.05, 4.69) is 5.32 Å². The maximum Gasteiger partial charge on any atom is 0.227 e. The van der Waals surface area contributed by atoms with E-state index in [1.54, 1.807) is 12.1 Å². The number of rotatable bonds is 4. The maximum atomic E-state index is 12.0. The molecule has 94 valence electrons. The SMILES string of the molecule is N#CCOc1ccccc1NC(=O)C1CCCC1. The fourth-order valence-electron chi connectivity index (χ4n) is 2.23. The summed E-state index contributed by atoms with van der Waals surface area (Å²) < 4.78 is 5.27. The summed E-state index contributed by atoms with van der Waals surface area (Å²) in [6.45, 7) is -0.0175. The van der Waals surface area contributed by atoms with Crippen molar-refractivity contribution in [2.75, 3.05) is 11.9 Å². The Morgan fingerprint density at radius 1 is 1.39 bits per heavy atom. The van der Waals surface area contributed by atoms with Crippen LogP contribution in [0.25, 0.3) is 0 Å². The molecule has 0 aromatic heterocycles. The van der Waals surface area contributed by atoms with Crippen molar-refractivity contribution in [3.05, 3.63) is 24.3 Å².